The molecule has 0 bridgehead atoms. The minimum Gasteiger partial charge on any atom is -0.0824 e. The Balaban J connectivity index is 2.49. The van der Waals surface area contributed by atoms with Crippen LogP contribution in [0.5, 0.6) is 0 Å². The van der Waals surface area contributed by atoms with Crippen LogP contribution in [0.4, 0.5) is 0 Å². The largest absolute Gasteiger partial charge is 0.117 e. The van der Waals surface area contributed by atoms with Gasteiger partial charge >= 0.3 is 0 Å². The van der Waals surface area contributed by atoms with E-state index in [0.717, 1.165) is 5.92 Å². The van der Waals surface area contributed by atoms with Crippen LogP contribution in [-0.2, 0) is 0 Å². The van der Waals surface area contributed by atoms with Crippen LogP contribution in [0.15, 0.2) is 0 Å². The molecule has 1 heteroatoms. The molecular weight excluding hydrogens is 167 g/mol. The molecule has 1 fully saturated rings. The molecule has 0 nitrogen and oxygen atoms in total. The van der Waals surface area contributed by atoms with E-state index < -0.39 is 0 Å². The summed E-state index contributed by atoms with van der Waals surface area (Å²) in [5, 5.41) is 0.606. The van der Waals surface area contributed by atoms with Crippen molar-refractivity contribution in [3.63, 3.8) is 0 Å². The van der Waals surface area contributed by atoms with Crippen LogP contribution in [0.25, 0.3) is 0 Å². The zero-order valence-corrected chi connectivity index (χ0v) is 10.3. The average molecular weight is 193 g/mol. The van der Waals surface area contributed by atoms with Crippen molar-refractivity contribution in [2.45, 2.75) is 77.4 Å². The minimum atomic E-state index is 0.606. The Labute approximate surface area is 91.1 Å². The van der Waals surface area contributed by atoms with E-state index in [4.69, 9.17) is 0 Å². The lowest BCUT2D eigenvalue weighted by Crippen LogP contribution is -2.21. The van der Waals surface area contributed by atoms with Gasteiger partial charge in [0, 0.05) is 0 Å². The highest BCUT2D eigenvalue weighted by Gasteiger charge is 2.28. The van der Waals surface area contributed by atoms with E-state index in [-0.39, 0.29) is 0 Å². The second-order valence-corrected chi connectivity index (χ2v) is 5.22. The summed E-state index contributed by atoms with van der Waals surface area (Å²) < 4.78 is 0. The summed E-state index contributed by atoms with van der Waals surface area (Å²) in [6, 6.07) is 0. The summed E-state index contributed by atoms with van der Waals surface area (Å²) >= 11 is 0. The van der Waals surface area contributed by atoms with Gasteiger partial charge in [0.2, 0.25) is 0 Å². The van der Waals surface area contributed by atoms with Gasteiger partial charge in [-0.15, -0.1) is 0 Å². The molecule has 0 aromatic carbocycles. The highest BCUT2D eigenvalue weighted by Crippen LogP contribution is 2.44. The zero-order valence-electron chi connectivity index (χ0n) is 10.3. The fraction of sp³-hybridized carbons (Fsp3) is 1.00. The van der Waals surface area contributed by atoms with Crippen molar-refractivity contribution in [1.82, 2.24) is 0 Å². The second kappa shape index (κ2) is 5.83. The predicted molar refractivity (Wildman–Crippen MR) is 66.1 cm³/mol. The lowest BCUT2D eigenvalue weighted by Gasteiger charge is -2.35. The summed E-state index contributed by atoms with van der Waals surface area (Å²) in [5.74, 6) is 0.978. The number of hydrogen-bond acceptors (Lipinski definition) is 0. The molecule has 14 heavy (non-hydrogen) atoms. The Hall–Kier alpha value is 0.0649. The van der Waals surface area contributed by atoms with Crippen molar-refractivity contribution < 1.29 is 0 Å². The summed E-state index contributed by atoms with van der Waals surface area (Å²) in [6.45, 7) is 7.08. The van der Waals surface area contributed by atoms with Gasteiger partial charge in [0.15, 0.2) is 0 Å². The first-order valence-corrected chi connectivity index (χ1v) is 6.57. The average Bonchev–Trinajstić information content (AvgIpc) is 2.14. The van der Waals surface area contributed by atoms with Crippen molar-refractivity contribution in [2.24, 2.45) is 5.92 Å². The van der Waals surface area contributed by atoms with Gasteiger partial charge in [-0.05, 0) is 5.92 Å². The van der Waals surface area contributed by atoms with E-state index in [1.807, 2.05) is 0 Å². The van der Waals surface area contributed by atoms with Crippen LogP contribution in [0.1, 0.15) is 65.7 Å². The Morgan fingerprint density at radius 2 is 1.71 bits per heavy atom. The highest BCUT2D eigenvalue weighted by atomic mass is 14.3. The van der Waals surface area contributed by atoms with E-state index in [1.165, 1.54) is 51.3 Å². The topological polar surface area (TPSA) is 0 Å². The maximum atomic E-state index is 2.60. The van der Waals surface area contributed by atoms with Crippen LogP contribution >= 0.6 is 0 Å². The van der Waals surface area contributed by atoms with Crippen molar-refractivity contribution in [3.05, 3.63) is 0 Å². The summed E-state index contributed by atoms with van der Waals surface area (Å²) in [7, 11) is 2.60. The number of rotatable bonds is 3. The molecule has 0 spiro atoms. The van der Waals surface area contributed by atoms with Crippen molar-refractivity contribution in [2.75, 3.05) is 0 Å². The van der Waals surface area contributed by atoms with Gasteiger partial charge in [-0.3, -0.25) is 0 Å². The third-order valence-corrected chi connectivity index (χ3v) is 4.08. The molecule has 1 aliphatic carbocycles. The molecule has 0 aromatic rings. The number of hydrogen-bond donors (Lipinski definition) is 0. The van der Waals surface area contributed by atoms with Crippen LogP contribution in [0.3, 0.4) is 0 Å². The van der Waals surface area contributed by atoms with Crippen LogP contribution in [0.2, 0.25) is 11.6 Å². The van der Waals surface area contributed by atoms with Gasteiger partial charge in [-0.1, -0.05) is 77.4 Å². The molecule has 1 aliphatic rings. The van der Waals surface area contributed by atoms with E-state index >= 15 is 0 Å². The first-order valence-electron chi connectivity index (χ1n) is 6.57. The standard InChI is InChI=1S/C13H26B/c1-4-13(14-5-2)10-6-8-12(3)9-7-11-13/h12H,4-11H2,1-3H3. The molecule has 0 aliphatic heterocycles. The Bertz CT molecular complexity index is 143. The van der Waals surface area contributed by atoms with Crippen LogP contribution < -0.4 is 0 Å². The first-order chi connectivity index (χ1) is 6.72. The molecule has 0 atom stereocenters. The van der Waals surface area contributed by atoms with Gasteiger partial charge in [0.1, 0.15) is 7.28 Å². The maximum absolute atomic E-state index is 2.60. The highest BCUT2D eigenvalue weighted by molar-refractivity contribution is 6.39. The van der Waals surface area contributed by atoms with Crippen molar-refractivity contribution >= 4 is 7.28 Å². The molecular formula is C13H26B. The van der Waals surface area contributed by atoms with E-state index in [1.54, 1.807) is 0 Å². The van der Waals surface area contributed by atoms with Crippen LogP contribution in [-0.4, -0.2) is 7.28 Å². The molecule has 1 rings (SSSR count). The minimum absolute atomic E-state index is 0.606. The fourth-order valence-electron chi connectivity index (χ4n) is 3.01. The van der Waals surface area contributed by atoms with Gasteiger partial charge in [-0.25, -0.2) is 0 Å². The summed E-state index contributed by atoms with van der Waals surface area (Å²) in [6.07, 6.45) is 11.3. The quantitative estimate of drug-likeness (QED) is 0.570. The van der Waals surface area contributed by atoms with Gasteiger partial charge in [0.05, 0.1) is 0 Å². The Kier molecular flexibility index (Phi) is 5.05. The van der Waals surface area contributed by atoms with Gasteiger partial charge < -0.3 is 0 Å². The van der Waals surface area contributed by atoms with E-state index in [2.05, 4.69) is 28.1 Å². The van der Waals surface area contributed by atoms with Gasteiger partial charge in [-0.2, -0.15) is 0 Å². The molecule has 0 aromatic heterocycles. The Morgan fingerprint density at radius 3 is 2.14 bits per heavy atom. The van der Waals surface area contributed by atoms with Gasteiger partial charge in [0.25, 0.3) is 0 Å². The molecule has 0 amide bonds. The van der Waals surface area contributed by atoms with Crippen molar-refractivity contribution in [1.29, 1.82) is 0 Å². The third kappa shape index (κ3) is 3.33. The molecule has 81 valence electrons. The molecule has 0 N–H and O–H groups in total. The SMILES string of the molecule is CC[B]C1(CC)CCCC(C)CCC1. The molecule has 1 saturated carbocycles. The van der Waals surface area contributed by atoms with Crippen LogP contribution in [0, 0.1) is 5.92 Å². The molecule has 1 radical (unpaired) electrons. The smallest absolute Gasteiger partial charge is 0.0824 e. The fourth-order valence-corrected chi connectivity index (χ4v) is 3.01. The predicted octanol–water partition coefficient (Wildman–Crippen LogP) is 4.69. The summed E-state index contributed by atoms with van der Waals surface area (Å²) in [4.78, 5) is 0. The third-order valence-electron chi connectivity index (χ3n) is 4.08. The van der Waals surface area contributed by atoms with Crippen molar-refractivity contribution in [3.8, 4) is 0 Å². The second-order valence-electron chi connectivity index (χ2n) is 5.22. The van der Waals surface area contributed by atoms with E-state index in [9.17, 15) is 0 Å². The summed E-state index contributed by atoms with van der Waals surface area (Å²) in [5.41, 5.74) is 0. The van der Waals surface area contributed by atoms with E-state index in [0.29, 0.717) is 5.31 Å². The maximum Gasteiger partial charge on any atom is 0.117 e. The first kappa shape index (κ1) is 12.1. The monoisotopic (exact) mass is 193 g/mol. The molecule has 0 heterocycles. The normalized spacial score (nSPS) is 34.6. The lowest BCUT2D eigenvalue weighted by atomic mass is 9.46. The lowest BCUT2D eigenvalue weighted by molar-refractivity contribution is 0.335. The molecule has 0 saturated heterocycles. The Morgan fingerprint density at radius 1 is 1.14 bits per heavy atom. The zero-order chi connectivity index (χ0) is 10.4. The molecule has 0 unspecified atom stereocenters.